The molecule has 0 amide bonds. The van der Waals surface area contributed by atoms with E-state index in [9.17, 15) is 0 Å². The first-order chi connectivity index (χ1) is 4.87. The Hall–Kier alpha value is -0.590. The second kappa shape index (κ2) is 1.94. The van der Waals surface area contributed by atoms with Gasteiger partial charge in [0.15, 0.2) is 6.10 Å². The molecule has 10 heavy (non-hydrogen) atoms. The second-order valence-electron chi connectivity index (χ2n) is 2.80. The van der Waals surface area contributed by atoms with Crippen molar-refractivity contribution in [1.29, 1.82) is 5.26 Å². The molecule has 2 saturated heterocycles. The van der Waals surface area contributed by atoms with Crippen LogP contribution in [0, 0.1) is 11.3 Å². The largest absolute Gasteiger partial charge is 0.381 e. The van der Waals surface area contributed by atoms with Crippen LogP contribution in [0.25, 0.3) is 0 Å². The molecule has 2 rings (SSSR count). The number of rotatable bonds is 0. The Morgan fingerprint density at radius 2 is 2.10 bits per heavy atom. The van der Waals surface area contributed by atoms with Gasteiger partial charge < -0.3 is 9.47 Å². The van der Waals surface area contributed by atoms with Crippen molar-refractivity contribution in [2.24, 2.45) is 0 Å². The zero-order valence-electron chi connectivity index (χ0n) is 5.67. The molecule has 54 valence electrons. The number of epoxide rings is 1. The Bertz CT molecular complexity index is 179. The summed E-state index contributed by atoms with van der Waals surface area (Å²) in [5, 5.41) is 8.51. The molecule has 0 aromatic carbocycles. The molecule has 0 aromatic heterocycles. The summed E-state index contributed by atoms with van der Waals surface area (Å²) in [6.07, 6.45) is 1.65. The molecule has 2 aliphatic rings. The van der Waals surface area contributed by atoms with Gasteiger partial charge in [-0.15, -0.1) is 0 Å². The smallest absolute Gasteiger partial charge is 0.173 e. The summed E-state index contributed by atoms with van der Waals surface area (Å²) in [5.74, 6) is 0. The van der Waals surface area contributed by atoms with E-state index in [1.165, 1.54) is 0 Å². The lowest BCUT2D eigenvalue weighted by molar-refractivity contribution is 0.0494. The summed E-state index contributed by atoms with van der Waals surface area (Å²) in [4.78, 5) is 0. The van der Waals surface area contributed by atoms with Crippen LogP contribution in [0.1, 0.15) is 12.8 Å². The van der Waals surface area contributed by atoms with Crippen LogP contribution >= 0.6 is 0 Å². The third-order valence-electron chi connectivity index (χ3n) is 2.23. The molecular formula is C7H9NO2. The molecule has 3 nitrogen and oxygen atoms in total. The fourth-order valence-corrected chi connectivity index (χ4v) is 1.44. The highest BCUT2D eigenvalue weighted by molar-refractivity contribution is 5.14. The number of hydrogen-bond acceptors (Lipinski definition) is 3. The third kappa shape index (κ3) is 0.731. The lowest BCUT2D eigenvalue weighted by atomic mass is 9.97. The fraction of sp³-hybridized carbons (Fsp3) is 0.857. The summed E-state index contributed by atoms with van der Waals surface area (Å²) in [6.45, 7) is 1.50. The first-order valence-corrected chi connectivity index (χ1v) is 3.53. The molecule has 0 unspecified atom stereocenters. The molecule has 0 radical (unpaired) electrons. The number of ether oxygens (including phenoxy) is 2. The highest BCUT2D eigenvalue weighted by Crippen LogP contribution is 2.44. The van der Waals surface area contributed by atoms with Gasteiger partial charge in [0.2, 0.25) is 0 Å². The van der Waals surface area contributed by atoms with Gasteiger partial charge in [0, 0.05) is 26.1 Å². The van der Waals surface area contributed by atoms with Gasteiger partial charge >= 0.3 is 0 Å². The predicted octanol–water partition coefficient (Wildman–Crippen LogP) is 0.458. The van der Waals surface area contributed by atoms with Gasteiger partial charge in [0.05, 0.1) is 6.07 Å². The molecule has 2 heterocycles. The van der Waals surface area contributed by atoms with E-state index in [0.717, 1.165) is 26.1 Å². The van der Waals surface area contributed by atoms with Gasteiger partial charge in [-0.2, -0.15) is 5.26 Å². The monoisotopic (exact) mass is 139 g/mol. The van der Waals surface area contributed by atoms with E-state index in [2.05, 4.69) is 6.07 Å². The molecule has 3 heteroatoms. The van der Waals surface area contributed by atoms with E-state index in [4.69, 9.17) is 14.7 Å². The summed E-state index contributed by atoms with van der Waals surface area (Å²) >= 11 is 0. The molecule has 0 bridgehead atoms. The molecule has 2 fully saturated rings. The van der Waals surface area contributed by atoms with Crippen molar-refractivity contribution < 1.29 is 9.47 Å². The van der Waals surface area contributed by atoms with E-state index in [0.29, 0.717) is 0 Å². The maximum absolute atomic E-state index is 8.51. The Balaban J connectivity index is 1.99. The summed E-state index contributed by atoms with van der Waals surface area (Å²) < 4.78 is 10.4. The summed E-state index contributed by atoms with van der Waals surface area (Å²) in [6, 6.07) is 2.12. The van der Waals surface area contributed by atoms with Crippen LogP contribution < -0.4 is 0 Å². The van der Waals surface area contributed by atoms with E-state index in [1.807, 2.05) is 0 Å². The predicted molar refractivity (Wildman–Crippen MR) is 33.3 cm³/mol. The topological polar surface area (TPSA) is 45.5 Å². The van der Waals surface area contributed by atoms with Gasteiger partial charge in [-0.25, -0.2) is 0 Å². The second-order valence-corrected chi connectivity index (χ2v) is 2.80. The zero-order valence-corrected chi connectivity index (χ0v) is 5.67. The number of nitrogens with zero attached hydrogens (tertiary/aromatic N) is 1. The number of nitriles is 1. The quantitative estimate of drug-likeness (QED) is 0.458. The van der Waals surface area contributed by atoms with Crippen molar-refractivity contribution in [3.05, 3.63) is 0 Å². The van der Waals surface area contributed by atoms with E-state index in [1.54, 1.807) is 0 Å². The third-order valence-corrected chi connectivity index (χ3v) is 2.23. The first kappa shape index (κ1) is 6.14. The van der Waals surface area contributed by atoms with Crippen LogP contribution in [-0.2, 0) is 9.47 Å². The normalized spacial score (nSPS) is 35.3. The summed E-state index contributed by atoms with van der Waals surface area (Å²) in [7, 11) is 0. The minimum Gasteiger partial charge on any atom is -0.381 e. The molecule has 0 N–H and O–H groups in total. The maximum atomic E-state index is 8.51. The standard InChI is InChI=1S/C7H9NO2/c8-5-6-7(10-6)1-3-9-4-2-7/h6H,1-4H2/t6-/m0/s1. The van der Waals surface area contributed by atoms with Gasteiger partial charge in [0.1, 0.15) is 5.60 Å². The zero-order chi connectivity index (χ0) is 7.03. The van der Waals surface area contributed by atoms with Crippen molar-refractivity contribution in [3.63, 3.8) is 0 Å². The Kier molecular flexibility index (Phi) is 1.19. The molecular weight excluding hydrogens is 130 g/mol. The Morgan fingerprint density at radius 1 is 1.40 bits per heavy atom. The van der Waals surface area contributed by atoms with Gasteiger partial charge in [-0.3, -0.25) is 0 Å². The van der Waals surface area contributed by atoms with Gasteiger partial charge in [0.25, 0.3) is 0 Å². The van der Waals surface area contributed by atoms with Crippen molar-refractivity contribution in [1.82, 2.24) is 0 Å². The minimum absolute atomic E-state index is 0.0903. The van der Waals surface area contributed by atoms with Crippen LogP contribution in [-0.4, -0.2) is 24.9 Å². The van der Waals surface area contributed by atoms with Crippen molar-refractivity contribution in [2.75, 3.05) is 13.2 Å². The SMILES string of the molecule is N#C[C@@H]1OC12CCOCC2. The minimum atomic E-state index is -0.142. The first-order valence-electron chi connectivity index (χ1n) is 3.53. The van der Waals surface area contributed by atoms with Crippen LogP contribution in [0.2, 0.25) is 0 Å². The fourth-order valence-electron chi connectivity index (χ4n) is 1.44. The number of hydrogen-bond donors (Lipinski definition) is 0. The Morgan fingerprint density at radius 3 is 2.60 bits per heavy atom. The lowest BCUT2D eigenvalue weighted by Gasteiger charge is -2.17. The van der Waals surface area contributed by atoms with Crippen molar-refractivity contribution in [3.8, 4) is 6.07 Å². The average Bonchev–Trinajstić information content (AvgIpc) is 2.65. The van der Waals surface area contributed by atoms with Crippen LogP contribution in [0.15, 0.2) is 0 Å². The lowest BCUT2D eigenvalue weighted by Crippen LogP contribution is -2.25. The van der Waals surface area contributed by atoms with E-state index >= 15 is 0 Å². The molecule has 0 aliphatic carbocycles. The van der Waals surface area contributed by atoms with E-state index in [-0.39, 0.29) is 11.7 Å². The molecule has 0 saturated carbocycles. The van der Waals surface area contributed by atoms with Gasteiger partial charge in [-0.05, 0) is 0 Å². The Labute approximate surface area is 59.5 Å². The van der Waals surface area contributed by atoms with Crippen LogP contribution in [0.4, 0.5) is 0 Å². The molecule has 1 spiro atoms. The molecule has 1 atom stereocenters. The highest BCUT2D eigenvalue weighted by Gasteiger charge is 2.57. The molecule has 2 aliphatic heterocycles. The van der Waals surface area contributed by atoms with Crippen molar-refractivity contribution in [2.45, 2.75) is 24.5 Å². The van der Waals surface area contributed by atoms with Gasteiger partial charge in [-0.1, -0.05) is 0 Å². The van der Waals surface area contributed by atoms with E-state index < -0.39 is 0 Å². The van der Waals surface area contributed by atoms with Crippen LogP contribution in [0.5, 0.6) is 0 Å². The average molecular weight is 139 g/mol. The maximum Gasteiger partial charge on any atom is 0.173 e. The molecule has 0 aromatic rings. The summed E-state index contributed by atoms with van der Waals surface area (Å²) in [5.41, 5.74) is -0.0903. The van der Waals surface area contributed by atoms with Crippen molar-refractivity contribution >= 4 is 0 Å². The van der Waals surface area contributed by atoms with Crippen LogP contribution in [0.3, 0.4) is 0 Å². The highest BCUT2D eigenvalue weighted by atomic mass is 16.6.